The molecule has 1 saturated heterocycles. The molecule has 210 valence electrons. The first kappa shape index (κ1) is 27.8. The maximum absolute atomic E-state index is 13.4. The maximum Gasteiger partial charge on any atom is 0.411 e. The molecule has 40 heavy (non-hydrogen) atoms. The largest absolute Gasteiger partial charge is 0.438 e. The summed E-state index contributed by atoms with van der Waals surface area (Å²) in [5, 5.41) is 10.6. The second-order valence-corrected chi connectivity index (χ2v) is 12.2. The van der Waals surface area contributed by atoms with Gasteiger partial charge in [0.25, 0.3) is 0 Å². The van der Waals surface area contributed by atoms with Gasteiger partial charge in [0.2, 0.25) is 5.91 Å². The van der Waals surface area contributed by atoms with Gasteiger partial charge in [-0.15, -0.1) is 0 Å². The SMILES string of the molecule is C[C@@H](c1ccc(-c2ccc(C3(C(=O)N(C)C)CC3)nc2)cc1)N1CC[C@](CC(C)(C)O)(c2ccccc2)OC1=O. The van der Waals surface area contributed by atoms with E-state index in [1.807, 2.05) is 79.9 Å². The lowest BCUT2D eigenvalue weighted by molar-refractivity contribution is -0.131. The Morgan fingerprint density at radius 1 is 1.02 bits per heavy atom. The number of pyridine rings is 1. The number of rotatable bonds is 8. The molecule has 5 rings (SSSR count). The number of amides is 2. The minimum absolute atomic E-state index is 0.114. The van der Waals surface area contributed by atoms with Gasteiger partial charge in [-0.25, -0.2) is 4.79 Å². The van der Waals surface area contributed by atoms with E-state index in [2.05, 4.69) is 4.98 Å². The topological polar surface area (TPSA) is 83.0 Å². The van der Waals surface area contributed by atoms with Crippen LogP contribution in [-0.2, 0) is 20.5 Å². The number of nitrogens with zero attached hydrogens (tertiary/aromatic N) is 3. The van der Waals surface area contributed by atoms with Crippen molar-refractivity contribution in [1.29, 1.82) is 0 Å². The van der Waals surface area contributed by atoms with Gasteiger partial charge < -0.3 is 19.6 Å². The molecule has 3 aromatic rings. The molecular formula is C33H39N3O4. The molecule has 0 radical (unpaired) electrons. The van der Waals surface area contributed by atoms with Crippen molar-refractivity contribution in [3.05, 3.63) is 89.7 Å². The highest BCUT2D eigenvalue weighted by molar-refractivity contribution is 5.90. The third-order valence-corrected chi connectivity index (χ3v) is 8.31. The van der Waals surface area contributed by atoms with Crippen LogP contribution in [0, 0.1) is 0 Å². The fourth-order valence-corrected chi connectivity index (χ4v) is 6.01. The van der Waals surface area contributed by atoms with Crippen LogP contribution in [0.15, 0.2) is 72.9 Å². The molecule has 0 unspecified atom stereocenters. The monoisotopic (exact) mass is 541 g/mol. The quantitative estimate of drug-likeness (QED) is 0.388. The summed E-state index contributed by atoms with van der Waals surface area (Å²) in [6.45, 7) is 6.03. The number of cyclic esters (lactones) is 1. The molecule has 1 aliphatic carbocycles. The van der Waals surface area contributed by atoms with Gasteiger partial charge in [-0.1, -0.05) is 60.7 Å². The number of aromatic nitrogens is 1. The second kappa shape index (κ2) is 10.4. The standard InChI is InChI=1S/C33H39N3O4/c1-23(36-20-19-33(40-30(36)38,22-31(2,3)39)27-9-7-6-8-10-27)24-11-13-25(14-12-24)26-15-16-28(34-21-26)32(17-18-32)29(37)35(4)5/h6-16,21,23,39H,17-20,22H2,1-5H3/t23-,33-/m0/s1. The highest BCUT2D eigenvalue weighted by Gasteiger charge is 2.53. The normalized spacial score (nSPS) is 20.9. The lowest BCUT2D eigenvalue weighted by atomic mass is 9.80. The minimum Gasteiger partial charge on any atom is -0.438 e. The molecule has 0 spiro atoms. The van der Waals surface area contributed by atoms with Crippen LogP contribution >= 0.6 is 0 Å². The molecule has 2 heterocycles. The number of carbonyl (C=O) groups is 2. The maximum atomic E-state index is 13.4. The Morgan fingerprint density at radius 2 is 1.68 bits per heavy atom. The summed E-state index contributed by atoms with van der Waals surface area (Å²) in [5.41, 5.74) is 2.42. The first-order valence-electron chi connectivity index (χ1n) is 14.0. The first-order valence-corrected chi connectivity index (χ1v) is 14.0. The van der Waals surface area contributed by atoms with Gasteiger partial charge in [0.1, 0.15) is 5.60 Å². The van der Waals surface area contributed by atoms with Crippen LogP contribution in [0.2, 0.25) is 0 Å². The predicted octanol–water partition coefficient (Wildman–Crippen LogP) is 5.83. The Balaban J connectivity index is 1.29. The number of aliphatic hydroxyl groups is 1. The zero-order valence-electron chi connectivity index (χ0n) is 24.1. The predicted molar refractivity (Wildman–Crippen MR) is 155 cm³/mol. The molecule has 1 aromatic heterocycles. The zero-order chi connectivity index (χ0) is 28.7. The summed E-state index contributed by atoms with van der Waals surface area (Å²) in [6.07, 6.45) is 4.05. The van der Waals surface area contributed by atoms with Crippen molar-refractivity contribution >= 4 is 12.0 Å². The first-order chi connectivity index (χ1) is 18.9. The lowest BCUT2D eigenvalue weighted by Gasteiger charge is -2.45. The third-order valence-electron chi connectivity index (χ3n) is 8.31. The van der Waals surface area contributed by atoms with Crippen LogP contribution in [0.25, 0.3) is 11.1 Å². The van der Waals surface area contributed by atoms with Gasteiger partial charge in [-0.05, 0) is 56.4 Å². The summed E-state index contributed by atoms with van der Waals surface area (Å²) in [7, 11) is 3.58. The number of benzene rings is 2. The number of likely N-dealkylation sites (N-methyl/N-ethyl adjacent to an activating group) is 1. The van der Waals surface area contributed by atoms with Crippen molar-refractivity contribution in [2.75, 3.05) is 20.6 Å². The molecular weight excluding hydrogens is 502 g/mol. The number of carbonyl (C=O) groups excluding carboxylic acids is 2. The van der Waals surface area contributed by atoms with Crippen molar-refractivity contribution in [2.45, 2.75) is 69.1 Å². The Hall–Kier alpha value is -3.71. The van der Waals surface area contributed by atoms with Crippen LogP contribution in [0.1, 0.15) is 69.3 Å². The Morgan fingerprint density at radius 3 is 2.20 bits per heavy atom. The number of hydrogen-bond acceptors (Lipinski definition) is 5. The van der Waals surface area contributed by atoms with Gasteiger partial charge in [-0.3, -0.25) is 9.78 Å². The number of ether oxygens (including phenoxy) is 1. The van der Waals surface area contributed by atoms with Crippen molar-refractivity contribution in [2.24, 2.45) is 0 Å². The summed E-state index contributed by atoms with van der Waals surface area (Å²) in [4.78, 5) is 34.1. The zero-order valence-corrected chi connectivity index (χ0v) is 24.1. The van der Waals surface area contributed by atoms with E-state index in [1.165, 1.54) is 0 Å². The summed E-state index contributed by atoms with van der Waals surface area (Å²) in [5.74, 6) is 0.114. The molecule has 7 heteroatoms. The van der Waals surface area contributed by atoms with E-state index in [9.17, 15) is 14.7 Å². The molecule has 1 saturated carbocycles. The van der Waals surface area contributed by atoms with Crippen molar-refractivity contribution in [1.82, 2.24) is 14.8 Å². The fourth-order valence-electron chi connectivity index (χ4n) is 6.01. The molecule has 2 amide bonds. The molecule has 1 N–H and O–H groups in total. The van der Waals surface area contributed by atoms with E-state index in [4.69, 9.17) is 4.74 Å². The van der Waals surface area contributed by atoms with Crippen molar-refractivity contribution in [3.63, 3.8) is 0 Å². The third kappa shape index (κ3) is 5.35. The highest BCUT2D eigenvalue weighted by Crippen LogP contribution is 2.48. The average Bonchev–Trinajstić information content (AvgIpc) is 3.74. The lowest BCUT2D eigenvalue weighted by Crippen LogP contribution is -2.51. The van der Waals surface area contributed by atoms with Gasteiger partial charge in [0.05, 0.1) is 22.8 Å². The van der Waals surface area contributed by atoms with E-state index in [0.29, 0.717) is 19.4 Å². The van der Waals surface area contributed by atoms with E-state index in [1.54, 1.807) is 37.7 Å². The van der Waals surface area contributed by atoms with Crippen LogP contribution in [0.4, 0.5) is 4.79 Å². The van der Waals surface area contributed by atoms with Gasteiger partial charge in [-0.2, -0.15) is 0 Å². The van der Waals surface area contributed by atoms with E-state index >= 15 is 0 Å². The van der Waals surface area contributed by atoms with Crippen LogP contribution in [0.3, 0.4) is 0 Å². The van der Waals surface area contributed by atoms with Gasteiger partial charge >= 0.3 is 6.09 Å². The Kier molecular flexibility index (Phi) is 7.21. The van der Waals surface area contributed by atoms with E-state index in [0.717, 1.165) is 40.8 Å². The van der Waals surface area contributed by atoms with Gasteiger partial charge in [0, 0.05) is 45.2 Å². The average molecular weight is 542 g/mol. The van der Waals surface area contributed by atoms with E-state index in [-0.39, 0.29) is 18.0 Å². The second-order valence-electron chi connectivity index (χ2n) is 12.2. The minimum atomic E-state index is -0.992. The van der Waals surface area contributed by atoms with Crippen molar-refractivity contribution < 1.29 is 19.4 Å². The molecule has 0 bridgehead atoms. The number of hydrogen-bond donors (Lipinski definition) is 1. The van der Waals surface area contributed by atoms with Gasteiger partial charge in [0.15, 0.2) is 0 Å². The molecule has 1 aliphatic heterocycles. The molecule has 2 aliphatic rings. The molecule has 2 aromatic carbocycles. The van der Waals surface area contributed by atoms with Crippen LogP contribution in [-0.4, -0.2) is 58.1 Å². The Labute approximate surface area is 236 Å². The summed E-state index contributed by atoms with van der Waals surface area (Å²) >= 11 is 0. The summed E-state index contributed by atoms with van der Waals surface area (Å²) < 4.78 is 6.15. The molecule has 2 fully saturated rings. The summed E-state index contributed by atoms with van der Waals surface area (Å²) in [6, 6.07) is 21.7. The van der Waals surface area contributed by atoms with Crippen LogP contribution in [0.5, 0.6) is 0 Å². The van der Waals surface area contributed by atoms with Crippen LogP contribution < -0.4 is 0 Å². The smallest absolute Gasteiger partial charge is 0.411 e. The van der Waals surface area contributed by atoms with Crippen molar-refractivity contribution in [3.8, 4) is 11.1 Å². The molecule has 7 nitrogen and oxygen atoms in total. The molecule has 2 atom stereocenters. The highest BCUT2D eigenvalue weighted by atomic mass is 16.6. The van der Waals surface area contributed by atoms with E-state index < -0.39 is 16.6 Å². The Bertz CT molecular complexity index is 1360. The fraction of sp³-hybridized carbons (Fsp3) is 0.424.